The van der Waals surface area contributed by atoms with Gasteiger partial charge in [0, 0.05) is 29.1 Å². The van der Waals surface area contributed by atoms with Crippen LogP contribution < -0.4 is 25.8 Å². The van der Waals surface area contributed by atoms with E-state index in [9.17, 15) is 18.4 Å². The lowest BCUT2D eigenvalue weighted by Crippen LogP contribution is -2.34. The smallest absolute Gasteiger partial charge is 0.318 e. The summed E-state index contributed by atoms with van der Waals surface area (Å²) >= 11 is 7.70. The van der Waals surface area contributed by atoms with Crippen molar-refractivity contribution >= 4 is 60.6 Å². The number of anilines is 3. The topological polar surface area (TPSA) is 136 Å². The maximum Gasteiger partial charge on any atom is 0.318 e. The number of hydrogen-bond acceptors (Lipinski definition) is 10. The first kappa shape index (κ1) is 28.5. The van der Waals surface area contributed by atoms with E-state index in [4.69, 9.17) is 32.5 Å². The van der Waals surface area contributed by atoms with Crippen LogP contribution in [0, 0.1) is 23.0 Å². The zero-order chi connectivity index (χ0) is 30.6. The van der Waals surface area contributed by atoms with Crippen LogP contribution in [0.1, 0.15) is 23.6 Å². The van der Waals surface area contributed by atoms with Gasteiger partial charge in [0.25, 0.3) is 0 Å². The third kappa shape index (κ3) is 4.56. The number of hydrogen-bond donors (Lipinski definition) is 2. The van der Waals surface area contributed by atoms with E-state index in [1.54, 1.807) is 12.1 Å². The molecule has 9 nitrogen and oxygen atoms in total. The van der Waals surface area contributed by atoms with E-state index >= 15 is 4.39 Å². The van der Waals surface area contributed by atoms with Crippen LogP contribution in [0.25, 0.3) is 32.1 Å². The molecule has 0 spiro atoms. The van der Waals surface area contributed by atoms with Gasteiger partial charge in [-0.25, -0.2) is 22.5 Å². The van der Waals surface area contributed by atoms with E-state index in [1.807, 2.05) is 6.07 Å². The van der Waals surface area contributed by atoms with E-state index in [0.29, 0.717) is 5.56 Å². The molecule has 0 unspecified atom stereocenters. The van der Waals surface area contributed by atoms with Gasteiger partial charge in [0.05, 0.1) is 40.4 Å². The van der Waals surface area contributed by atoms with Gasteiger partial charge in [-0.2, -0.15) is 15.2 Å². The summed E-state index contributed by atoms with van der Waals surface area (Å²) in [6, 6.07) is 6.21. The number of fused-ring (bicyclic) bond motifs is 1. The molecule has 6 rings (SSSR count). The number of methoxy groups -OCH3 is 1. The van der Waals surface area contributed by atoms with Gasteiger partial charge in [0.15, 0.2) is 11.6 Å². The maximum atomic E-state index is 16.7. The van der Waals surface area contributed by atoms with Gasteiger partial charge < -0.3 is 25.8 Å². The van der Waals surface area contributed by atoms with Crippen molar-refractivity contribution in [2.24, 2.45) is 0 Å². The van der Waals surface area contributed by atoms with Gasteiger partial charge >= 0.3 is 6.01 Å². The molecule has 0 bridgehead atoms. The van der Waals surface area contributed by atoms with Gasteiger partial charge in [-0.1, -0.05) is 23.7 Å². The molecular formula is C28H20ClF4N7O2S. The molecule has 4 N–H and O–H groups in total. The molecule has 5 aromatic rings. The highest BCUT2D eigenvalue weighted by Crippen LogP contribution is 2.51. The summed E-state index contributed by atoms with van der Waals surface area (Å²) in [5.74, 6) is -1.56. The number of nitriles is 1. The molecule has 43 heavy (non-hydrogen) atoms. The normalized spacial score (nSPS) is 13.7. The molecule has 1 aliphatic heterocycles. The predicted molar refractivity (Wildman–Crippen MR) is 156 cm³/mol. The molecule has 0 radical (unpaired) electrons. The predicted octanol–water partition coefficient (Wildman–Crippen LogP) is 6.48. The molecule has 0 saturated carbocycles. The lowest BCUT2D eigenvalue weighted by molar-refractivity contribution is 0.126. The zero-order valence-corrected chi connectivity index (χ0v) is 23.7. The second kappa shape index (κ2) is 10.9. The summed E-state index contributed by atoms with van der Waals surface area (Å²) in [6.45, 7) is -0.0600. The quantitative estimate of drug-likeness (QED) is 0.202. The molecule has 3 aromatic heterocycles. The van der Waals surface area contributed by atoms with Crippen molar-refractivity contribution in [1.29, 1.82) is 5.26 Å². The molecule has 0 saturated heterocycles. The number of halogens is 5. The Morgan fingerprint density at radius 1 is 1.21 bits per heavy atom. The molecule has 2 aromatic carbocycles. The van der Waals surface area contributed by atoms with Crippen molar-refractivity contribution in [1.82, 2.24) is 15.0 Å². The molecule has 0 aliphatic carbocycles. The summed E-state index contributed by atoms with van der Waals surface area (Å²) < 4.78 is 70.8. The van der Waals surface area contributed by atoms with Crippen molar-refractivity contribution < 1.29 is 27.0 Å². The van der Waals surface area contributed by atoms with Crippen molar-refractivity contribution in [3.8, 4) is 29.0 Å². The Kier molecular flexibility index (Phi) is 7.23. The largest absolute Gasteiger partial charge is 0.489 e. The summed E-state index contributed by atoms with van der Waals surface area (Å²) in [5, 5.41) is 9.71. The Hall–Kier alpha value is -4.61. The van der Waals surface area contributed by atoms with Crippen molar-refractivity contribution in [2.45, 2.75) is 18.9 Å². The van der Waals surface area contributed by atoms with Crippen LogP contribution in [0.2, 0.25) is 5.02 Å². The first-order valence-corrected chi connectivity index (χ1v) is 13.9. The van der Waals surface area contributed by atoms with Crippen molar-refractivity contribution in [3.05, 3.63) is 58.2 Å². The number of aromatic nitrogens is 3. The first-order chi connectivity index (χ1) is 20.7. The molecule has 15 heteroatoms. The number of alkyl halides is 2. The van der Waals surface area contributed by atoms with Crippen LogP contribution in [0.3, 0.4) is 0 Å². The fourth-order valence-corrected chi connectivity index (χ4v) is 6.66. The minimum absolute atomic E-state index is 0.00923. The summed E-state index contributed by atoms with van der Waals surface area (Å²) in [6.07, 6.45) is -1.96. The Labute approximate surface area is 250 Å². The van der Waals surface area contributed by atoms with E-state index in [0.717, 1.165) is 17.4 Å². The maximum absolute atomic E-state index is 16.7. The molecule has 1 aliphatic rings. The number of thiophene rings is 1. The first-order valence-electron chi connectivity index (χ1n) is 12.7. The highest BCUT2D eigenvalue weighted by Gasteiger charge is 2.35. The number of benzene rings is 2. The highest BCUT2D eigenvalue weighted by atomic mass is 35.5. The van der Waals surface area contributed by atoms with Crippen molar-refractivity contribution in [2.75, 3.05) is 36.6 Å². The Morgan fingerprint density at radius 2 is 2.00 bits per heavy atom. The van der Waals surface area contributed by atoms with Crippen LogP contribution in [0.15, 0.2) is 30.5 Å². The lowest BCUT2D eigenvalue weighted by atomic mass is 9.96. The fraction of sp³-hybridized carbons (Fsp3) is 0.214. The number of ether oxygens (including phenoxy) is 2. The lowest BCUT2D eigenvalue weighted by Gasteiger charge is -2.32. The second-order valence-corrected chi connectivity index (χ2v) is 10.9. The number of nitrogen functional groups attached to an aromatic ring is 2. The Bertz CT molecular complexity index is 1970. The molecular weight excluding hydrogens is 610 g/mol. The summed E-state index contributed by atoms with van der Waals surface area (Å²) in [4.78, 5) is 14.2. The number of pyridine rings is 1. The van der Waals surface area contributed by atoms with Crippen LogP contribution in [0.4, 0.5) is 34.2 Å². The fourth-order valence-electron chi connectivity index (χ4n) is 5.37. The van der Waals surface area contributed by atoms with Crippen LogP contribution >= 0.6 is 22.9 Å². The molecule has 0 fully saturated rings. The number of nitrogens with two attached hydrogens (primary N) is 2. The van der Waals surface area contributed by atoms with Gasteiger partial charge in [-0.05, 0) is 17.7 Å². The van der Waals surface area contributed by atoms with Gasteiger partial charge in [-0.15, -0.1) is 11.3 Å². The number of rotatable bonds is 6. The standard InChI is InChI=1S/C28H20ClF4N7O2S/c1-41-28-38-22-19-23(20(29)18(21(22)33)12-4-5-14(30)24-17(12)13(10-34)26(36)43-24)42-8-7-40(27(19)39-28)15(9-16(31)32)11-3-2-6-37-25(11)35/h2-6,15-16H,7-9,36H2,1H3,(H2,35,37)/t15-/m1/s1. The Morgan fingerprint density at radius 3 is 2.70 bits per heavy atom. The summed E-state index contributed by atoms with van der Waals surface area (Å²) in [5.41, 5.74) is 11.9. The van der Waals surface area contributed by atoms with E-state index in [-0.39, 0.29) is 84.3 Å². The molecule has 1 atom stereocenters. The van der Waals surface area contributed by atoms with Crippen LogP contribution in [-0.2, 0) is 0 Å². The Balaban J connectivity index is 1.68. The van der Waals surface area contributed by atoms with Crippen LogP contribution in [0.5, 0.6) is 11.8 Å². The van der Waals surface area contributed by atoms with Crippen molar-refractivity contribution in [3.63, 3.8) is 0 Å². The average molecular weight is 630 g/mol. The average Bonchev–Trinajstić information content (AvgIpc) is 3.21. The molecule has 0 amide bonds. The summed E-state index contributed by atoms with van der Waals surface area (Å²) in [7, 11) is 1.27. The van der Waals surface area contributed by atoms with E-state index in [1.165, 1.54) is 24.3 Å². The molecule has 4 heterocycles. The van der Waals surface area contributed by atoms with Gasteiger partial charge in [0.1, 0.15) is 40.6 Å². The van der Waals surface area contributed by atoms with Gasteiger partial charge in [0.2, 0.25) is 6.43 Å². The SMILES string of the molecule is COc1nc2c3c(c(Cl)c(-c4ccc(F)c5sc(N)c(C#N)c45)c(F)c3n1)OCCN2[C@H](CC(F)F)c1cccnc1N. The van der Waals surface area contributed by atoms with Crippen LogP contribution in [-0.4, -0.2) is 41.6 Å². The van der Waals surface area contributed by atoms with E-state index < -0.39 is 30.5 Å². The third-order valence-corrected chi connectivity index (χ3v) is 8.57. The second-order valence-electron chi connectivity index (χ2n) is 9.50. The monoisotopic (exact) mass is 629 g/mol. The van der Waals surface area contributed by atoms with Gasteiger partial charge in [-0.3, -0.25) is 0 Å². The minimum Gasteiger partial charge on any atom is -0.489 e. The minimum atomic E-state index is -2.75. The number of nitrogens with zero attached hydrogens (tertiary/aromatic N) is 5. The molecule has 220 valence electrons. The zero-order valence-electron chi connectivity index (χ0n) is 22.2. The van der Waals surface area contributed by atoms with E-state index in [2.05, 4.69) is 15.0 Å². The highest BCUT2D eigenvalue weighted by molar-refractivity contribution is 7.23. The third-order valence-electron chi connectivity index (χ3n) is 7.18.